The topological polar surface area (TPSA) is 321 Å². The molecule has 0 aliphatic rings. The molecule has 0 saturated carbocycles. The molecule has 0 aromatic heterocycles. The molecule has 0 heterocycles. The number of aliphatic hydroxyl groups is 1. The van der Waals surface area contributed by atoms with Crippen molar-refractivity contribution in [3.63, 3.8) is 0 Å². The predicted molar refractivity (Wildman–Crippen MR) is 200 cm³/mol. The molecule has 13 N–H and O–H groups in total. The van der Waals surface area contributed by atoms with Crippen molar-refractivity contribution in [3.05, 3.63) is 35.9 Å². The Balaban J connectivity index is 3.04. The van der Waals surface area contributed by atoms with Gasteiger partial charge in [-0.2, -0.15) is 0 Å². The van der Waals surface area contributed by atoms with Crippen molar-refractivity contribution >= 4 is 47.4 Å². The van der Waals surface area contributed by atoms with Crippen LogP contribution in [0.5, 0.6) is 0 Å². The molecule has 19 nitrogen and oxygen atoms in total. The zero-order valence-corrected chi connectivity index (χ0v) is 32.0. The molecule has 55 heavy (non-hydrogen) atoms. The van der Waals surface area contributed by atoms with E-state index < -0.39 is 109 Å². The summed E-state index contributed by atoms with van der Waals surface area (Å²) < 4.78 is 0. The Bertz CT molecular complexity index is 1460. The molecule has 308 valence electrons. The summed E-state index contributed by atoms with van der Waals surface area (Å²) >= 11 is 0. The number of amides is 6. The minimum absolute atomic E-state index is 0.0547. The van der Waals surface area contributed by atoms with Crippen molar-refractivity contribution in [1.29, 1.82) is 0 Å². The van der Waals surface area contributed by atoms with Crippen LogP contribution >= 0.6 is 0 Å². The maximum Gasteiger partial charge on any atom is 0.326 e. The van der Waals surface area contributed by atoms with Gasteiger partial charge < -0.3 is 58.7 Å². The van der Waals surface area contributed by atoms with E-state index in [2.05, 4.69) is 31.9 Å². The number of aliphatic carboxylic acids is 2. The van der Waals surface area contributed by atoms with E-state index in [1.807, 2.05) is 18.2 Å². The van der Waals surface area contributed by atoms with Gasteiger partial charge in [0.1, 0.15) is 36.3 Å². The predicted octanol–water partition coefficient (Wildman–Crippen LogP) is -1.99. The Morgan fingerprint density at radius 1 is 0.636 bits per heavy atom. The van der Waals surface area contributed by atoms with E-state index in [0.29, 0.717) is 19.4 Å². The summed E-state index contributed by atoms with van der Waals surface area (Å²) in [5, 5.41) is 43.4. The number of rotatable bonds is 25. The second-order valence-corrected chi connectivity index (χ2v) is 13.9. The monoisotopic (exact) mass is 778 g/mol. The molecule has 0 unspecified atom stereocenters. The maximum absolute atomic E-state index is 13.5. The minimum Gasteiger partial charge on any atom is -0.481 e. The third-order valence-corrected chi connectivity index (χ3v) is 8.38. The van der Waals surface area contributed by atoms with Crippen LogP contribution in [0.2, 0.25) is 0 Å². The average Bonchev–Trinajstić information content (AvgIpc) is 3.10. The lowest BCUT2D eigenvalue weighted by molar-refractivity contribution is -0.143. The van der Waals surface area contributed by atoms with Crippen LogP contribution in [0.3, 0.4) is 0 Å². The summed E-state index contributed by atoms with van der Waals surface area (Å²) in [6, 6.07) is 0.0672. The average molecular weight is 779 g/mol. The number of carboxylic acid groups (broad SMARTS) is 2. The summed E-state index contributed by atoms with van der Waals surface area (Å²) in [5.41, 5.74) is 12.5. The summed E-state index contributed by atoms with van der Waals surface area (Å²) in [4.78, 5) is 101. The molecule has 0 bridgehead atoms. The number of hydrogen-bond donors (Lipinski definition) is 11. The summed E-state index contributed by atoms with van der Waals surface area (Å²) in [6.07, 6.45) is -1.13. The van der Waals surface area contributed by atoms with Gasteiger partial charge in [0.2, 0.25) is 35.4 Å². The second kappa shape index (κ2) is 24.3. The SMILES string of the molecule is CC(C)C[C@H](NC(=O)[C@@H](NC(=O)[C@H](CCCCN)NC(=O)[C@H](C)NC(=O)[C@@H](N)Cc1ccccc1)[C@@H](C)O)C(=O)N[C@@H](C)C(=O)N[C@@H](CCC(=O)O)C(=O)O. The molecule has 6 amide bonds. The van der Waals surface area contributed by atoms with Gasteiger partial charge in [-0.25, -0.2) is 4.79 Å². The van der Waals surface area contributed by atoms with Crippen molar-refractivity contribution in [1.82, 2.24) is 31.9 Å². The van der Waals surface area contributed by atoms with Crippen molar-refractivity contribution in [2.45, 2.75) is 128 Å². The van der Waals surface area contributed by atoms with Gasteiger partial charge in [-0.15, -0.1) is 0 Å². The number of carboxylic acids is 2. The van der Waals surface area contributed by atoms with Gasteiger partial charge in [0.25, 0.3) is 0 Å². The number of carbonyl (C=O) groups is 8. The molecular weight excluding hydrogens is 720 g/mol. The first-order valence-electron chi connectivity index (χ1n) is 18.2. The first kappa shape index (κ1) is 47.9. The number of nitrogens with two attached hydrogens (primary N) is 2. The van der Waals surface area contributed by atoms with E-state index in [4.69, 9.17) is 16.6 Å². The third-order valence-electron chi connectivity index (χ3n) is 8.38. The van der Waals surface area contributed by atoms with E-state index in [9.17, 15) is 48.6 Å². The summed E-state index contributed by atoms with van der Waals surface area (Å²) in [6.45, 7) is 7.72. The summed E-state index contributed by atoms with van der Waals surface area (Å²) in [7, 11) is 0. The molecule has 1 aromatic carbocycles. The lowest BCUT2D eigenvalue weighted by atomic mass is 10.0. The molecule has 8 atom stereocenters. The highest BCUT2D eigenvalue weighted by molar-refractivity contribution is 5.97. The number of benzene rings is 1. The standard InChI is InChI=1S/C36H58N8O11/c1-19(2)17-27(34(52)40-21(4)31(49)42-26(36(54)55)14-15-28(46)47)43-35(53)29(22(5)45)44-33(51)25(13-9-10-16-37)41-30(48)20(3)39-32(50)24(38)18-23-11-7-6-8-12-23/h6-8,11-12,19-22,24-27,29,45H,9-10,13-18,37-38H2,1-5H3,(H,39,50)(H,40,52)(H,41,48)(H,42,49)(H,43,53)(H,44,51)(H,46,47)(H,54,55)/t20-,21-,22+,24-,25-,26-,27-,29-/m0/s1. The lowest BCUT2D eigenvalue weighted by Gasteiger charge is -2.28. The first-order chi connectivity index (χ1) is 25.8. The number of unbranched alkanes of at least 4 members (excludes halogenated alkanes) is 1. The zero-order valence-electron chi connectivity index (χ0n) is 32.0. The van der Waals surface area contributed by atoms with Gasteiger partial charge >= 0.3 is 11.9 Å². The van der Waals surface area contributed by atoms with Crippen LogP contribution in [0.4, 0.5) is 0 Å². The Kier molecular flexibility index (Phi) is 21.2. The normalized spacial score (nSPS) is 15.4. The van der Waals surface area contributed by atoms with Crippen LogP contribution in [0.25, 0.3) is 0 Å². The molecule has 1 aromatic rings. The van der Waals surface area contributed by atoms with Crippen molar-refractivity contribution in [2.24, 2.45) is 17.4 Å². The molecule has 1 rings (SSSR count). The van der Waals surface area contributed by atoms with E-state index in [0.717, 1.165) is 5.56 Å². The molecular formula is C36H58N8O11. The quantitative estimate of drug-likeness (QED) is 0.0480. The molecule has 0 fully saturated rings. The van der Waals surface area contributed by atoms with E-state index >= 15 is 0 Å². The Hall–Kier alpha value is -5.14. The maximum atomic E-state index is 13.5. The van der Waals surface area contributed by atoms with Crippen LogP contribution < -0.4 is 43.4 Å². The molecule has 0 saturated heterocycles. The third kappa shape index (κ3) is 18.2. The highest BCUT2D eigenvalue weighted by atomic mass is 16.4. The zero-order chi connectivity index (χ0) is 41.8. The fraction of sp³-hybridized carbons (Fsp3) is 0.611. The van der Waals surface area contributed by atoms with Crippen molar-refractivity contribution in [3.8, 4) is 0 Å². The highest BCUT2D eigenvalue weighted by Gasteiger charge is 2.34. The minimum atomic E-state index is -1.61. The van der Waals surface area contributed by atoms with Gasteiger partial charge in [-0.05, 0) is 77.3 Å². The first-order valence-corrected chi connectivity index (χ1v) is 18.2. The molecule has 0 aliphatic carbocycles. The van der Waals surface area contributed by atoms with E-state index in [-0.39, 0.29) is 25.2 Å². The fourth-order valence-corrected chi connectivity index (χ4v) is 5.23. The highest BCUT2D eigenvalue weighted by Crippen LogP contribution is 2.09. The number of carbonyl (C=O) groups excluding carboxylic acids is 6. The number of aliphatic hydroxyl groups excluding tert-OH is 1. The smallest absolute Gasteiger partial charge is 0.326 e. The summed E-state index contributed by atoms with van der Waals surface area (Å²) in [5.74, 6) is -7.74. The molecule has 0 radical (unpaired) electrons. The molecule has 0 spiro atoms. The van der Waals surface area contributed by atoms with E-state index in [1.54, 1.807) is 26.0 Å². The van der Waals surface area contributed by atoms with Crippen LogP contribution in [0, 0.1) is 5.92 Å². The fourth-order valence-electron chi connectivity index (χ4n) is 5.23. The van der Waals surface area contributed by atoms with Crippen LogP contribution in [0.1, 0.15) is 78.7 Å². The van der Waals surface area contributed by atoms with Gasteiger partial charge in [-0.3, -0.25) is 33.6 Å². The Morgan fingerprint density at radius 2 is 1.16 bits per heavy atom. The van der Waals surface area contributed by atoms with Crippen LogP contribution in [-0.2, 0) is 44.8 Å². The van der Waals surface area contributed by atoms with Gasteiger partial charge in [0, 0.05) is 6.42 Å². The molecule has 0 aliphatic heterocycles. The molecule has 19 heteroatoms. The Labute approximate surface area is 320 Å². The van der Waals surface area contributed by atoms with Crippen molar-refractivity contribution < 1.29 is 53.7 Å². The number of hydrogen-bond acceptors (Lipinski definition) is 11. The Morgan fingerprint density at radius 3 is 1.67 bits per heavy atom. The number of nitrogens with one attached hydrogen (secondary N) is 6. The van der Waals surface area contributed by atoms with Gasteiger partial charge in [0.15, 0.2) is 0 Å². The second-order valence-electron chi connectivity index (χ2n) is 13.9. The lowest BCUT2D eigenvalue weighted by Crippen LogP contribution is -2.61. The van der Waals surface area contributed by atoms with Crippen LogP contribution in [0.15, 0.2) is 30.3 Å². The van der Waals surface area contributed by atoms with E-state index in [1.165, 1.54) is 20.8 Å². The van der Waals surface area contributed by atoms with Gasteiger partial charge in [0.05, 0.1) is 12.1 Å². The van der Waals surface area contributed by atoms with Crippen molar-refractivity contribution in [2.75, 3.05) is 6.54 Å². The van der Waals surface area contributed by atoms with Gasteiger partial charge in [-0.1, -0.05) is 44.2 Å². The largest absolute Gasteiger partial charge is 0.481 e. The van der Waals surface area contributed by atoms with Crippen LogP contribution in [-0.4, -0.2) is 118 Å².